The van der Waals surface area contributed by atoms with Gasteiger partial charge in [-0.25, -0.2) is 0 Å². The zero-order valence-electron chi connectivity index (χ0n) is 16.7. The summed E-state index contributed by atoms with van der Waals surface area (Å²) in [5, 5.41) is 10.6. The molecule has 2 aliphatic rings. The minimum atomic E-state index is -0.569. The largest absolute Gasteiger partial charge is 0.356 e. The van der Waals surface area contributed by atoms with E-state index in [0.29, 0.717) is 17.7 Å². The van der Waals surface area contributed by atoms with E-state index in [2.05, 4.69) is 20.5 Å². The van der Waals surface area contributed by atoms with Crippen molar-refractivity contribution in [3.63, 3.8) is 0 Å². The van der Waals surface area contributed by atoms with Crippen molar-refractivity contribution in [3.8, 4) is 0 Å². The van der Waals surface area contributed by atoms with E-state index >= 15 is 0 Å². The highest BCUT2D eigenvalue weighted by Crippen LogP contribution is 2.38. The van der Waals surface area contributed by atoms with Crippen LogP contribution >= 0.6 is 0 Å². The van der Waals surface area contributed by atoms with Gasteiger partial charge in [0.25, 0.3) is 5.91 Å². The number of aromatic nitrogens is 3. The van der Waals surface area contributed by atoms with Gasteiger partial charge in [0.1, 0.15) is 6.04 Å². The Kier molecular flexibility index (Phi) is 4.12. The van der Waals surface area contributed by atoms with E-state index in [0.717, 1.165) is 22.2 Å². The molecule has 9 heteroatoms. The Morgan fingerprint density at radius 2 is 2.10 bits per heavy atom. The predicted molar refractivity (Wildman–Crippen MR) is 109 cm³/mol. The molecule has 3 N–H and O–H groups in total. The summed E-state index contributed by atoms with van der Waals surface area (Å²) >= 11 is 0. The van der Waals surface area contributed by atoms with Crippen LogP contribution in [0, 0.1) is 6.92 Å². The summed E-state index contributed by atoms with van der Waals surface area (Å²) < 4.78 is 0. The Balaban J connectivity index is 1.55. The van der Waals surface area contributed by atoms with Crippen LogP contribution in [0.2, 0.25) is 0 Å². The lowest BCUT2D eigenvalue weighted by atomic mass is 9.89. The number of likely N-dealkylation sites (N-methyl/N-ethyl adjacent to an activating group) is 1. The van der Waals surface area contributed by atoms with Crippen LogP contribution in [0.4, 0.5) is 0 Å². The number of para-hydroxylation sites is 1. The van der Waals surface area contributed by atoms with E-state index in [1.165, 1.54) is 11.1 Å². The van der Waals surface area contributed by atoms with Gasteiger partial charge in [-0.3, -0.25) is 19.5 Å². The van der Waals surface area contributed by atoms with Gasteiger partial charge in [0.05, 0.1) is 24.3 Å². The third-order valence-corrected chi connectivity index (χ3v) is 6.10. The first-order chi connectivity index (χ1) is 14.5. The molecule has 1 unspecified atom stereocenters. The molecule has 154 valence electrons. The average molecular weight is 406 g/mol. The van der Waals surface area contributed by atoms with E-state index in [1.54, 1.807) is 18.9 Å². The number of fused-ring (bicyclic) bond motifs is 4. The fourth-order valence-electron chi connectivity index (χ4n) is 4.61. The smallest absolute Gasteiger partial charge is 0.254 e. The van der Waals surface area contributed by atoms with Gasteiger partial charge in [0.2, 0.25) is 11.8 Å². The molecule has 3 amide bonds. The molecule has 0 aliphatic carbocycles. The second-order valence-electron chi connectivity index (χ2n) is 7.91. The number of carbonyl (C=O) groups excluding carboxylic acids is 3. The number of H-pyrrole nitrogens is 2. The highest BCUT2D eigenvalue weighted by atomic mass is 16.2. The van der Waals surface area contributed by atoms with Gasteiger partial charge < -0.3 is 20.1 Å². The molecule has 9 nitrogen and oxygen atoms in total. The molecule has 0 radical (unpaired) electrons. The van der Waals surface area contributed by atoms with Crippen molar-refractivity contribution in [2.75, 3.05) is 20.1 Å². The van der Waals surface area contributed by atoms with Gasteiger partial charge >= 0.3 is 0 Å². The van der Waals surface area contributed by atoms with Crippen LogP contribution in [-0.2, 0) is 16.0 Å². The summed E-state index contributed by atoms with van der Waals surface area (Å²) in [4.78, 5) is 45.0. The maximum atomic E-state index is 12.9. The highest BCUT2D eigenvalue weighted by Gasteiger charge is 2.46. The Morgan fingerprint density at radius 3 is 2.87 bits per heavy atom. The number of piperazine rings is 1. The van der Waals surface area contributed by atoms with Crippen molar-refractivity contribution >= 4 is 28.6 Å². The third kappa shape index (κ3) is 2.69. The van der Waals surface area contributed by atoms with Crippen molar-refractivity contribution in [1.29, 1.82) is 0 Å². The summed E-state index contributed by atoms with van der Waals surface area (Å²) in [7, 11) is 1.65. The zero-order valence-corrected chi connectivity index (χ0v) is 16.7. The van der Waals surface area contributed by atoms with E-state index in [1.807, 2.05) is 24.3 Å². The number of hydrogen-bond acceptors (Lipinski definition) is 4. The van der Waals surface area contributed by atoms with E-state index in [-0.39, 0.29) is 30.8 Å². The summed E-state index contributed by atoms with van der Waals surface area (Å²) in [5.74, 6) is -0.466. The second kappa shape index (κ2) is 6.72. The number of carbonyl (C=O) groups is 3. The van der Waals surface area contributed by atoms with Gasteiger partial charge in [0, 0.05) is 42.3 Å². The Labute approximate surface area is 172 Å². The second-order valence-corrected chi connectivity index (χ2v) is 7.91. The summed E-state index contributed by atoms with van der Waals surface area (Å²) in [6.07, 6.45) is 1.94. The van der Waals surface area contributed by atoms with Crippen LogP contribution in [0.25, 0.3) is 10.9 Å². The normalized spacial score (nSPS) is 21.0. The van der Waals surface area contributed by atoms with Crippen molar-refractivity contribution in [1.82, 2.24) is 30.3 Å². The van der Waals surface area contributed by atoms with E-state index in [4.69, 9.17) is 0 Å². The molecule has 1 fully saturated rings. The van der Waals surface area contributed by atoms with Crippen LogP contribution in [0.5, 0.6) is 0 Å². The minimum absolute atomic E-state index is 0.0379. The van der Waals surface area contributed by atoms with Crippen molar-refractivity contribution in [2.24, 2.45) is 0 Å². The molecule has 1 saturated heterocycles. The van der Waals surface area contributed by atoms with Crippen LogP contribution in [0.3, 0.4) is 0 Å². The first-order valence-corrected chi connectivity index (χ1v) is 9.89. The molecule has 2 atom stereocenters. The van der Waals surface area contributed by atoms with Crippen molar-refractivity contribution in [3.05, 3.63) is 53.0 Å². The number of nitrogens with one attached hydrogen (secondary N) is 3. The predicted octanol–water partition coefficient (Wildman–Crippen LogP) is 0.896. The minimum Gasteiger partial charge on any atom is -0.356 e. The average Bonchev–Trinajstić information content (AvgIpc) is 3.32. The molecule has 0 spiro atoms. The van der Waals surface area contributed by atoms with Gasteiger partial charge in [-0.1, -0.05) is 18.2 Å². The summed E-state index contributed by atoms with van der Waals surface area (Å²) in [6, 6.07) is 6.88. The lowest BCUT2D eigenvalue weighted by Crippen LogP contribution is -2.63. The molecular formula is C21H22N6O3. The lowest BCUT2D eigenvalue weighted by molar-refractivity contribution is -0.158. The molecule has 2 aliphatic heterocycles. The summed E-state index contributed by atoms with van der Waals surface area (Å²) in [6.45, 7) is 2.01. The first kappa shape index (κ1) is 18.4. The first-order valence-electron chi connectivity index (χ1n) is 9.89. The molecule has 4 heterocycles. The SMILES string of the molecule is Cc1[nH]ncc1C(=O)NCC1c2[nH]c3ccccc3c2C[C@@H]2C(=O)N(C)CC(=O)N12. The van der Waals surface area contributed by atoms with Gasteiger partial charge in [-0.05, 0) is 18.6 Å². The fraction of sp³-hybridized carbons (Fsp3) is 0.333. The van der Waals surface area contributed by atoms with Gasteiger partial charge in [0.15, 0.2) is 0 Å². The number of aromatic amines is 2. The van der Waals surface area contributed by atoms with Crippen LogP contribution in [0.1, 0.15) is 33.4 Å². The maximum Gasteiger partial charge on any atom is 0.254 e. The van der Waals surface area contributed by atoms with Crippen LogP contribution in [-0.4, -0.2) is 68.9 Å². The molecule has 1 aromatic carbocycles. The number of rotatable bonds is 3. The van der Waals surface area contributed by atoms with E-state index < -0.39 is 12.1 Å². The number of hydrogen-bond donors (Lipinski definition) is 3. The fourth-order valence-corrected chi connectivity index (χ4v) is 4.61. The zero-order chi connectivity index (χ0) is 21.0. The number of amides is 3. The van der Waals surface area contributed by atoms with Gasteiger partial charge in [-0.2, -0.15) is 5.10 Å². The van der Waals surface area contributed by atoms with E-state index in [9.17, 15) is 14.4 Å². The van der Waals surface area contributed by atoms with Crippen LogP contribution in [0.15, 0.2) is 30.5 Å². The number of aryl methyl sites for hydroxylation is 1. The Morgan fingerprint density at radius 1 is 1.30 bits per heavy atom. The standard InChI is InChI=1S/C21H22N6O3/c1-11-14(8-23-25-11)20(29)22-9-17-19-13(12-5-3-4-6-15(12)24-19)7-16-21(30)26(2)10-18(28)27(16)17/h3-6,8,16-17,24H,7,9-10H2,1-2H3,(H,22,29)(H,23,25)/t16-,17?/m1/s1. The van der Waals surface area contributed by atoms with Crippen LogP contribution < -0.4 is 5.32 Å². The quantitative estimate of drug-likeness (QED) is 0.599. The topological polar surface area (TPSA) is 114 Å². The lowest BCUT2D eigenvalue weighted by Gasteiger charge is -2.46. The molecule has 3 aromatic rings. The third-order valence-electron chi connectivity index (χ3n) is 6.10. The number of nitrogens with zero attached hydrogens (tertiary/aromatic N) is 3. The molecule has 0 bridgehead atoms. The van der Waals surface area contributed by atoms with Crippen molar-refractivity contribution in [2.45, 2.75) is 25.4 Å². The van der Waals surface area contributed by atoms with Crippen molar-refractivity contribution < 1.29 is 14.4 Å². The van der Waals surface area contributed by atoms with Gasteiger partial charge in [-0.15, -0.1) is 0 Å². The Hall–Kier alpha value is -3.62. The molecule has 5 rings (SSSR count). The molecule has 0 saturated carbocycles. The molecule has 30 heavy (non-hydrogen) atoms. The number of benzene rings is 1. The molecule has 2 aromatic heterocycles. The maximum absolute atomic E-state index is 12.9. The molecular weight excluding hydrogens is 384 g/mol. The monoisotopic (exact) mass is 406 g/mol. The summed E-state index contributed by atoms with van der Waals surface area (Å²) in [5.41, 5.74) is 3.99. The Bertz CT molecular complexity index is 1180. The highest BCUT2D eigenvalue weighted by molar-refractivity contribution is 5.98.